The summed E-state index contributed by atoms with van der Waals surface area (Å²) in [4.78, 5) is 15.7. The quantitative estimate of drug-likeness (QED) is 0.571. The largest absolute Gasteiger partial charge is 0.342 e. The van der Waals surface area contributed by atoms with Crippen LogP contribution >= 0.6 is 0 Å². The molecule has 1 amide bonds. The van der Waals surface area contributed by atoms with Crippen LogP contribution in [0.2, 0.25) is 0 Å². The Bertz CT molecular complexity index is 1320. The molecule has 0 radical (unpaired) electrons. The third-order valence-electron chi connectivity index (χ3n) is 7.29. The van der Waals surface area contributed by atoms with Crippen molar-refractivity contribution in [2.45, 2.75) is 50.3 Å². The average molecular weight is 482 g/mol. The van der Waals surface area contributed by atoms with Gasteiger partial charge in [-0.15, -0.1) is 10.2 Å². The van der Waals surface area contributed by atoms with Gasteiger partial charge in [0.15, 0.2) is 5.65 Å². The van der Waals surface area contributed by atoms with Crippen LogP contribution in [0.25, 0.3) is 5.65 Å². The number of carbonyl (C=O) groups excluding carboxylic acids is 1. The second kappa shape index (κ2) is 9.11. The van der Waals surface area contributed by atoms with E-state index in [0.717, 1.165) is 35.4 Å². The number of piperidine rings is 2. The number of benzene rings is 1. The number of amides is 1. The van der Waals surface area contributed by atoms with Gasteiger partial charge in [-0.2, -0.15) is 4.31 Å². The number of hydrogen-bond donors (Lipinski definition) is 0. The van der Waals surface area contributed by atoms with Crippen LogP contribution in [0.5, 0.6) is 0 Å². The second-order valence-electron chi connectivity index (χ2n) is 9.56. The molecule has 0 spiro atoms. The van der Waals surface area contributed by atoms with E-state index in [4.69, 9.17) is 0 Å². The van der Waals surface area contributed by atoms with Crippen LogP contribution in [-0.2, 0) is 14.8 Å². The van der Waals surface area contributed by atoms with Crippen molar-refractivity contribution >= 4 is 21.6 Å². The molecule has 0 bridgehead atoms. The number of carbonyl (C=O) groups is 1. The maximum Gasteiger partial charge on any atom is 0.243 e. The number of nitrogens with zero attached hydrogens (tertiary/aromatic N) is 5. The molecule has 9 heteroatoms. The van der Waals surface area contributed by atoms with Gasteiger partial charge in [0.1, 0.15) is 5.82 Å². The van der Waals surface area contributed by atoms with Crippen molar-refractivity contribution in [3.05, 3.63) is 59.5 Å². The highest BCUT2D eigenvalue weighted by atomic mass is 32.2. The number of pyridine rings is 1. The minimum Gasteiger partial charge on any atom is -0.342 e. The van der Waals surface area contributed by atoms with Crippen LogP contribution in [0.15, 0.2) is 47.5 Å². The van der Waals surface area contributed by atoms with E-state index in [0.29, 0.717) is 37.4 Å². The van der Waals surface area contributed by atoms with Crippen molar-refractivity contribution in [1.82, 2.24) is 23.8 Å². The fourth-order valence-corrected chi connectivity index (χ4v) is 6.78. The minimum atomic E-state index is -3.63. The number of hydrogen-bond acceptors (Lipinski definition) is 5. The molecule has 2 aliphatic heterocycles. The Morgan fingerprint density at radius 2 is 1.79 bits per heavy atom. The van der Waals surface area contributed by atoms with Gasteiger partial charge in [0.2, 0.25) is 15.9 Å². The summed E-state index contributed by atoms with van der Waals surface area (Å²) in [5.41, 5.74) is 2.82. The lowest BCUT2D eigenvalue weighted by atomic mass is 9.93. The van der Waals surface area contributed by atoms with E-state index < -0.39 is 10.0 Å². The molecule has 0 N–H and O–H groups in total. The zero-order valence-electron chi connectivity index (χ0n) is 19.7. The van der Waals surface area contributed by atoms with Crippen LogP contribution in [0.4, 0.5) is 0 Å². The molecule has 2 saturated heterocycles. The first-order chi connectivity index (χ1) is 16.3. The zero-order valence-corrected chi connectivity index (χ0v) is 20.5. The van der Waals surface area contributed by atoms with Crippen LogP contribution in [-0.4, -0.2) is 64.3 Å². The number of fused-ring (bicyclic) bond motifs is 1. The van der Waals surface area contributed by atoms with Gasteiger partial charge in [-0.25, -0.2) is 8.42 Å². The van der Waals surface area contributed by atoms with Gasteiger partial charge in [-0.05, 0) is 74.9 Å². The van der Waals surface area contributed by atoms with Crippen molar-refractivity contribution in [1.29, 1.82) is 0 Å². The maximum atomic E-state index is 13.5. The van der Waals surface area contributed by atoms with Crippen LogP contribution in [0.3, 0.4) is 0 Å². The highest BCUT2D eigenvalue weighted by Gasteiger charge is 2.37. The van der Waals surface area contributed by atoms with E-state index in [1.165, 1.54) is 4.31 Å². The Morgan fingerprint density at radius 3 is 2.62 bits per heavy atom. The summed E-state index contributed by atoms with van der Waals surface area (Å²) in [5.74, 6) is 0.743. The number of aryl methyl sites for hydroxylation is 2. The molecular formula is C25H31N5O3S. The Kier molecular flexibility index (Phi) is 6.16. The van der Waals surface area contributed by atoms with Crippen molar-refractivity contribution in [3.63, 3.8) is 0 Å². The SMILES string of the molecule is Cc1ccc(S(=O)(=O)N2CCCC(C(=O)N3CCCC(c4nnc5ccccn45)C3)C2)cc1C. The van der Waals surface area contributed by atoms with E-state index in [1.54, 1.807) is 12.1 Å². The van der Waals surface area contributed by atoms with E-state index in [9.17, 15) is 13.2 Å². The van der Waals surface area contributed by atoms with Gasteiger partial charge in [0, 0.05) is 38.3 Å². The molecule has 2 aromatic heterocycles. The highest BCUT2D eigenvalue weighted by Crippen LogP contribution is 2.30. The number of sulfonamides is 1. The van der Waals surface area contributed by atoms with Gasteiger partial charge in [-0.3, -0.25) is 9.20 Å². The number of aromatic nitrogens is 3. The van der Waals surface area contributed by atoms with Gasteiger partial charge in [-0.1, -0.05) is 12.1 Å². The average Bonchev–Trinajstić information content (AvgIpc) is 3.29. The fourth-order valence-electron chi connectivity index (χ4n) is 5.17. The van der Waals surface area contributed by atoms with Gasteiger partial charge in [0.05, 0.1) is 10.8 Å². The molecule has 34 heavy (non-hydrogen) atoms. The molecule has 2 fully saturated rings. The van der Waals surface area contributed by atoms with Crippen LogP contribution < -0.4 is 0 Å². The number of rotatable bonds is 4. The molecule has 2 unspecified atom stereocenters. The summed E-state index contributed by atoms with van der Waals surface area (Å²) in [7, 11) is -3.63. The predicted octanol–water partition coefficient (Wildman–Crippen LogP) is 3.15. The molecule has 0 aliphatic carbocycles. The summed E-state index contributed by atoms with van der Waals surface area (Å²) in [6.45, 7) is 5.87. The maximum absolute atomic E-state index is 13.5. The Balaban J connectivity index is 1.31. The molecule has 1 aromatic carbocycles. The van der Waals surface area contributed by atoms with E-state index in [2.05, 4.69) is 10.2 Å². The molecule has 4 heterocycles. The molecule has 180 valence electrons. The normalized spacial score (nSPS) is 22.2. The Hall–Kier alpha value is -2.78. The molecule has 5 rings (SSSR count). The lowest BCUT2D eigenvalue weighted by Gasteiger charge is -2.37. The Morgan fingerprint density at radius 1 is 0.971 bits per heavy atom. The third-order valence-corrected chi connectivity index (χ3v) is 9.15. The summed E-state index contributed by atoms with van der Waals surface area (Å²) in [6, 6.07) is 11.1. The van der Waals surface area contributed by atoms with Crippen molar-refractivity contribution < 1.29 is 13.2 Å². The zero-order chi connectivity index (χ0) is 23.9. The number of likely N-dealkylation sites (tertiary alicyclic amines) is 1. The van der Waals surface area contributed by atoms with Crippen LogP contribution in [0, 0.1) is 19.8 Å². The van der Waals surface area contributed by atoms with E-state index in [-0.39, 0.29) is 24.3 Å². The minimum absolute atomic E-state index is 0.0542. The molecule has 2 atom stereocenters. The fraction of sp³-hybridized carbons (Fsp3) is 0.480. The molecule has 3 aromatic rings. The topological polar surface area (TPSA) is 87.9 Å². The van der Waals surface area contributed by atoms with Gasteiger partial charge in [0.25, 0.3) is 0 Å². The smallest absolute Gasteiger partial charge is 0.243 e. The molecule has 0 saturated carbocycles. The Labute approximate surface area is 200 Å². The monoisotopic (exact) mass is 481 g/mol. The highest BCUT2D eigenvalue weighted by molar-refractivity contribution is 7.89. The first-order valence-corrected chi connectivity index (χ1v) is 13.4. The third kappa shape index (κ3) is 4.22. The molecule has 8 nitrogen and oxygen atoms in total. The van der Waals surface area contributed by atoms with Crippen molar-refractivity contribution in [2.24, 2.45) is 5.92 Å². The van der Waals surface area contributed by atoms with Crippen LogP contribution in [0.1, 0.15) is 48.6 Å². The lowest BCUT2D eigenvalue weighted by Crippen LogP contribution is -2.49. The summed E-state index contributed by atoms with van der Waals surface area (Å²) in [5, 5.41) is 8.67. The summed E-state index contributed by atoms with van der Waals surface area (Å²) >= 11 is 0. The summed E-state index contributed by atoms with van der Waals surface area (Å²) in [6.07, 6.45) is 5.22. The van der Waals surface area contributed by atoms with Crippen molar-refractivity contribution in [2.75, 3.05) is 26.2 Å². The van der Waals surface area contributed by atoms with Crippen molar-refractivity contribution in [3.8, 4) is 0 Å². The second-order valence-corrected chi connectivity index (χ2v) is 11.5. The van der Waals surface area contributed by atoms with Gasteiger partial charge < -0.3 is 4.90 Å². The standard InChI is InChI=1S/C25H31N5O3S/c1-18-10-11-22(15-19(18)2)34(32,33)29-13-6-8-21(17-29)25(31)28-12-5-7-20(16-28)24-27-26-23-9-3-4-14-30(23)24/h3-4,9-11,14-15,20-21H,5-8,12-13,16-17H2,1-2H3. The lowest BCUT2D eigenvalue weighted by molar-refractivity contribution is -0.138. The first-order valence-electron chi connectivity index (χ1n) is 12.0. The summed E-state index contributed by atoms with van der Waals surface area (Å²) < 4.78 is 30.1. The van der Waals surface area contributed by atoms with E-state index >= 15 is 0 Å². The van der Waals surface area contributed by atoms with Gasteiger partial charge >= 0.3 is 0 Å². The molecule has 2 aliphatic rings. The first kappa shape index (κ1) is 23.0. The molecular weight excluding hydrogens is 450 g/mol. The van der Waals surface area contributed by atoms with E-state index in [1.807, 2.05) is 53.6 Å². The predicted molar refractivity (Wildman–Crippen MR) is 129 cm³/mol.